The van der Waals surface area contributed by atoms with Crippen LogP contribution in [-0.2, 0) is 13.1 Å². The maximum atomic E-state index is 4.80. The fourth-order valence-electron chi connectivity index (χ4n) is 3.39. The maximum Gasteiger partial charge on any atom is 0.107 e. The lowest BCUT2D eigenvalue weighted by molar-refractivity contribution is 0.107. The van der Waals surface area contributed by atoms with E-state index in [-0.39, 0.29) is 0 Å². The van der Waals surface area contributed by atoms with Gasteiger partial charge in [-0.1, -0.05) is 44.2 Å². The van der Waals surface area contributed by atoms with Crippen LogP contribution in [0.25, 0.3) is 0 Å². The van der Waals surface area contributed by atoms with Gasteiger partial charge in [-0.25, -0.2) is 4.98 Å². The zero-order chi connectivity index (χ0) is 16.9. The summed E-state index contributed by atoms with van der Waals surface area (Å²) in [5.74, 6) is 0.529. The molecule has 130 valence electrons. The lowest BCUT2D eigenvalue weighted by atomic mass is 10.0. The molecule has 2 aromatic rings. The average molecular weight is 344 g/mol. The number of nitrogens with zero attached hydrogens (tertiary/aromatic N) is 3. The van der Waals surface area contributed by atoms with Crippen molar-refractivity contribution in [1.29, 1.82) is 0 Å². The van der Waals surface area contributed by atoms with E-state index in [1.807, 2.05) is 11.3 Å². The van der Waals surface area contributed by atoms with E-state index in [0.717, 1.165) is 19.6 Å². The molecule has 0 saturated carbocycles. The SMILES string of the molecule is CC(C)c1csc(CN2CCCC(N(C)Cc3ccccc3)C2)n1. The van der Waals surface area contributed by atoms with Crippen molar-refractivity contribution in [3.63, 3.8) is 0 Å². The van der Waals surface area contributed by atoms with E-state index < -0.39 is 0 Å². The average Bonchev–Trinajstić information content (AvgIpc) is 3.05. The molecule has 0 bridgehead atoms. The third-order valence-electron chi connectivity index (χ3n) is 4.90. The smallest absolute Gasteiger partial charge is 0.107 e. The number of likely N-dealkylation sites (tertiary alicyclic amines) is 1. The topological polar surface area (TPSA) is 19.4 Å². The van der Waals surface area contributed by atoms with E-state index >= 15 is 0 Å². The molecule has 1 atom stereocenters. The van der Waals surface area contributed by atoms with E-state index in [1.54, 1.807) is 0 Å². The highest BCUT2D eigenvalue weighted by Crippen LogP contribution is 2.22. The van der Waals surface area contributed by atoms with Crippen LogP contribution >= 0.6 is 11.3 Å². The summed E-state index contributed by atoms with van der Waals surface area (Å²) in [5, 5.41) is 3.49. The molecule has 0 aliphatic carbocycles. The summed E-state index contributed by atoms with van der Waals surface area (Å²) in [6.07, 6.45) is 2.58. The molecule has 3 rings (SSSR count). The first-order valence-corrected chi connectivity index (χ1v) is 9.90. The van der Waals surface area contributed by atoms with Gasteiger partial charge in [0.2, 0.25) is 0 Å². The molecule has 1 aromatic carbocycles. The fraction of sp³-hybridized carbons (Fsp3) is 0.550. The van der Waals surface area contributed by atoms with Gasteiger partial charge in [-0.05, 0) is 37.9 Å². The normalized spacial score (nSPS) is 19.3. The number of thiazole rings is 1. The Morgan fingerprint density at radius 3 is 2.79 bits per heavy atom. The van der Waals surface area contributed by atoms with E-state index in [1.165, 1.54) is 35.7 Å². The van der Waals surface area contributed by atoms with Crippen molar-refractivity contribution in [2.45, 2.75) is 51.7 Å². The third kappa shape index (κ3) is 4.65. The van der Waals surface area contributed by atoms with Gasteiger partial charge in [-0.2, -0.15) is 0 Å². The first-order valence-electron chi connectivity index (χ1n) is 9.02. The Hall–Kier alpha value is -1.23. The predicted octanol–water partition coefficient (Wildman–Crippen LogP) is 4.36. The summed E-state index contributed by atoms with van der Waals surface area (Å²) in [5.41, 5.74) is 2.64. The van der Waals surface area contributed by atoms with E-state index in [4.69, 9.17) is 4.98 Å². The molecule has 1 aromatic heterocycles. The van der Waals surface area contributed by atoms with Crippen LogP contribution in [0.3, 0.4) is 0 Å². The van der Waals surface area contributed by atoms with Crippen LogP contribution in [0.15, 0.2) is 35.7 Å². The largest absolute Gasteiger partial charge is 0.298 e. The van der Waals surface area contributed by atoms with Gasteiger partial charge in [0, 0.05) is 24.5 Å². The standard InChI is InChI=1S/C20H29N3S/c1-16(2)19-15-24-20(21-19)14-23-11-7-10-18(13-23)22(3)12-17-8-5-4-6-9-17/h4-6,8-9,15-16,18H,7,10-14H2,1-3H3. The van der Waals surface area contributed by atoms with E-state index in [2.05, 4.69) is 66.4 Å². The van der Waals surface area contributed by atoms with E-state index in [0.29, 0.717) is 12.0 Å². The second-order valence-electron chi connectivity index (χ2n) is 7.25. The van der Waals surface area contributed by atoms with Crippen molar-refractivity contribution in [2.24, 2.45) is 0 Å². The Kier molecular flexibility index (Phi) is 6.04. The third-order valence-corrected chi connectivity index (χ3v) is 5.75. The van der Waals surface area contributed by atoms with Crippen LogP contribution in [0.4, 0.5) is 0 Å². The lowest BCUT2D eigenvalue weighted by Crippen LogP contribution is -2.45. The number of rotatable bonds is 6. The molecule has 2 heterocycles. The van der Waals surface area contributed by atoms with Crippen LogP contribution in [0.5, 0.6) is 0 Å². The van der Waals surface area contributed by atoms with Crippen molar-refractivity contribution in [1.82, 2.24) is 14.8 Å². The molecule has 1 saturated heterocycles. The summed E-state index contributed by atoms with van der Waals surface area (Å²) >= 11 is 1.82. The summed E-state index contributed by atoms with van der Waals surface area (Å²) in [6.45, 7) is 8.83. The summed E-state index contributed by atoms with van der Waals surface area (Å²) in [4.78, 5) is 9.90. The first kappa shape index (κ1) is 17.6. The molecule has 1 aliphatic rings. The van der Waals surface area contributed by atoms with Gasteiger partial charge in [0.25, 0.3) is 0 Å². The molecular formula is C20H29N3S. The van der Waals surface area contributed by atoms with Crippen LogP contribution < -0.4 is 0 Å². The molecule has 0 amide bonds. The second-order valence-corrected chi connectivity index (χ2v) is 8.20. The van der Waals surface area contributed by atoms with E-state index in [9.17, 15) is 0 Å². The van der Waals surface area contributed by atoms with Crippen molar-refractivity contribution >= 4 is 11.3 Å². The molecule has 0 radical (unpaired) electrons. The molecule has 4 heteroatoms. The van der Waals surface area contributed by atoms with Crippen molar-refractivity contribution in [3.8, 4) is 0 Å². The Morgan fingerprint density at radius 2 is 2.08 bits per heavy atom. The monoisotopic (exact) mass is 343 g/mol. The van der Waals surface area contributed by atoms with Gasteiger partial charge in [-0.15, -0.1) is 11.3 Å². The molecule has 1 unspecified atom stereocenters. The van der Waals surface area contributed by atoms with Gasteiger partial charge >= 0.3 is 0 Å². The van der Waals surface area contributed by atoms with Crippen molar-refractivity contribution in [3.05, 3.63) is 52.0 Å². The molecular weight excluding hydrogens is 314 g/mol. The quantitative estimate of drug-likeness (QED) is 0.777. The molecule has 1 aliphatic heterocycles. The van der Waals surface area contributed by atoms with Crippen molar-refractivity contribution in [2.75, 3.05) is 20.1 Å². The zero-order valence-electron chi connectivity index (χ0n) is 15.1. The molecule has 0 N–H and O–H groups in total. The summed E-state index contributed by atoms with van der Waals surface area (Å²) < 4.78 is 0. The zero-order valence-corrected chi connectivity index (χ0v) is 15.9. The van der Waals surface area contributed by atoms with Gasteiger partial charge in [0.1, 0.15) is 5.01 Å². The van der Waals surface area contributed by atoms with Gasteiger partial charge < -0.3 is 0 Å². The predicted molar refractivity (Wildman–Crippen MR) is 102 cm³/mol. The molecule has 0 spiro atoms. The number of aromatic nitrogens is 1. The fourth-order valence-corrected chi connectivity index (χ4v) is 4.39. The highest BCUT2D eigenvalue weighted by molar-refractivity contribution is 7.09. The maximum absolute atomic E-state index is 4.80. The van der Waals surface area contributed by atoms with Crippen LogP contribution in [0, 0.1) is 0 Å². The molecule has 3 nitrogen and oxygen atoms in total. The number of hydrogen-bond acceptors (Lipinski definition) is 4. The van der Waals surface area contributed by atoms with Gasteiger partial charge in [0.05, 0.1) is 12.2 Å². The van der Waals surface area contributed by atoms with Gasteiger partial charge in [-0.3, -0.25) is 9.80 Å². The number of benzene rings is 1. The highest BCUT2D eigenvalue weighted by atomic mass is 32.1. The Morgan fingerprint density at radius 1 is 1.29 bits per heavy atom. The summed E-state index contributed by atoms with van der Waals surface area (Å²) in [6, 6.07) is 11.4. The number of piperidine rings is 1. The minimum atomic E-state index is 0.529. The minimum Gasteiger partial charge on any atom is -0.298 e. The van der Waals surface area contributed by atoms with Crippen LogP contribution in [0.1, 0.15) is 48.9 Å². The molecule has 1 fully saturated rings. The Bertz CT molecular complexity index is 623. The van der Waals surface area contributed by atoms with Crippen LogP contribution in [0.2, 0.25) is 0 Å². The lowest BCUT2D eigenvalue weighted by Gasteiger charge is -2.37. The Labute approximate surface area is 150 Å². The van der Waals surface area contributed by atoms with Gasteiger partial charge in [0.15, 0.2) is 0 Å². The van der Waals surface area contributed by atoms with Crippen LogP contribution in [-0.4, -0.2) is 41.0 Å². The Balaban J connectivity index is 1.55. The number of likely N-dealkylation sites (N-methyl/N-ethyl adjacent to an activating group) is 1. The minimum absolute atomic E-state index is 0.529. The first-order chi connectivity index (χ1) is 11.6. The summed E-state index contributed by atoms with van der Waals surface area (Å²) in [7, 11) is 2.27. The van der Waals surface area contributed by atoms with Crippen molar-refractivity contribution < 1.29 is 0 Å². The number of hydrogen-bond donors (Lipinski definition) is 0. The highest BCUT2D eigenvalue weighted by Gasteiger charge is 2.24. The molecule has 24 heavy (non-hydrogen) atoms. The second kappa shape index (κ2) is 8.24.